The number of rotatable bonds is 26. The second kappa shape index (κ2) is 82.1. The Morgan fingerprint density at radius 1 is 0.309 bits per heavy atom. The maximum Gasteiger partial charge on any atom is 2.00 e. The van der Waals surface area contributed by atoms with E-state index in [2.05, 4.69) is 61.8 Å². The molecule has 25 heteroatoms. The molecule has 9 N–H and O–H groups in total. The molecule has 6 rings (SSSR count). The Bertz CT molecular complexity index is 1840. The normalized spacial score (nSPS) is 9.04. The number of hydrogen-bond acceptors (Lipinski definition) is 9. The van der Waals surface area contributed by atoms with E-state index in [0.29, 0.717) is 91.4 Å². The van der Waals surface area contributed by atoms with E-state index in [1.54, 1.807) is 37.2 Å². The zero-order valence-corrected chi connectivity index (χ0v) is 54.4. The molecule has 498 valence electrons. The number of aromatic nitrogens is 6. The quantitative estimate of drug-likeness (QED) is 0.0264. The zero-order chi connectivity index (χ0) is 43.6. The van der Waals surface area contributed by atoms with Gasteiger partial charge < -0.3 is 144 Å². The Hall–Kier alpha value is -2.11. The van der Waals surface area contributed by atoms with E-state index in [1.165, 1.54) is 0 Å². The first-order chi connectivity index (χ1) is 30.5. The third-order valence-corrected chi connectivity index (χ3v) is 8.60. The van der Waals surface area contributed by atoms with E-state index in [0.717, 1.165) is 34.2 Å². The van der Waals surface area contributed by atoms with Crippen molar-refractivity contribution in [1.29, 1.82) is 0 Å². The van der Waals surface area contributed by atoms with Crippen molar-refractivity contribution in [3.05, 3.63) is 279 Å². The predicted molar refractivity (Wildman–Crippen MR) is 324 cm³/mol. The van der Waals surface area contributed by atoms with Gasteiger partial charge in [-0.1, -0.05) is 36.4 Å². The van der Waals surface area contributed by atoms with E-state index in [4.69, 9.17) is 0 Å². The maximum absolute atomic E-state index is 9.83. The second-order valence-electron chi connectivity index (χ2n) is 13.9. The first kappa shape index (κ1) is 121. The molecule has 6 radical (unpaired) electrons. The SMILES string of the molecule is O.O.O.OC(C[N-]Cc1ccccn1)C[N-]Cc1ccccn1.O[C@@H](CC[N-]Cc1ccccn1)C[N-]Cc1ccccn1.O[C@@H](CC[N-]Cc1ccccn1)C[N-]Cc1ccccn1.[CH3-].[CH3-].[CH3-].[CH3-].[CH3-].[CH3-].[CH3-].[CH3-].[CH3-].[Cu+2].[Cu+2].[Cu+2].[Cu].[Cu].[Cu].[HH].[HH].[S-2]. The van der Waals surface area contributed by atoms with Gasteiger partial charge in [-0.3, -0.25) is 29.9 Å². The summed E-state index contributed by atoms with van der Waals surface area (Å²) < 4.78 is 0. The molecule has 0 aliphatic carbocycles. The number of aliphatic hydroxyl groups excluding tert-OH is 3. The third-order valence-electron chi connectivity index (χ3n) is 8.60. The molecule has 0 fully saturated rings. The van der Waals surface area contributed by atoms with Crippen molar-refractivity contribution in [2.24, 2.45) is 0 Å². The molecule has 0 aliphatic rings. The van der Waals surface area contributed by atoms with Crippen molar-refractivity contribution in [2.75, 3.05) is 39.3 Å². The number of pyridine rings is 6. The van der Waals surface area contributed by atoms with Crippen LogP contribution in [0.1, 0.15) is 49.9 Å². The summed E-state index contributed by atoms with van der Waals surface area (Å²) in [4.78, 5) is 25.1. The van der Waals surface area contributed by atoms with Crippen LogP contribution in [-0.2, 0) is 155 Å². The molecule has 6 heterocycles. The van der Waals surface area contributed by atoms with Crippen molar-refractivity contribution in [3.8, 4) is 0 Å². The van der Waals surface area contributed by atoms with E-state index < -0.39 is 18.3 Å². The van der Waals surface area contributed by atoms with E-state index in [-0.39, 0.29) is 202 Å². The molecule has 0 spiro atoms. The number of nitrogens with zero attached hydrogens (tertiary/aromatic N) is 12. The molecule has 0 unspecified atom stereocenters. The van der Waals surface area contributed by atoms with Gasteiger partial charge in [0.15, 0.2) is 0 Å². The van der Waals surface area contributed by atoms with Gasteiger partial charge in [0.05, 0.1) is 0 Å². The molecule has 6 aromatic rings. The fourth-order valence-corrected chi connectivity index (χ4v) is 5.37. The van der Waals surface area contributed by atoms with Gasteiger partial charge in [0.1, 0.15) is 0 Å². The van der Waals surface area contributed by atoms with Crippen LogP contribution in [0.15, 0.2) is 146 Å². The van der Waals surface area contributed by atoms with E-state index in [1.807, 2.05) is 109 Å². The van der Waals surface area contributed by atoms with Crippen LogP contribution in [0.4, 0.5) is 0 Å². The Balaban J connectivity index is -0.0000000424. The van der Waals surface area contributed by atoms with Gasteiger partial charge in [-0.05, 0) is 85.6 Å². The second-order valence-corrected chi connectivity index (χ2v) is 13.9. The summed E-state index contributed by atoms with van der Waals surface area (Å²) in [6.07, 6.45) is 10.3. The summed E-state index contributed by atoms with van der Waals surface area (Å²) in [7, 11) is 0. The van der Waals surface area contributed by atoms with Gasteiger partial charge in [0.25, 0.3) is 0 Å². The van der Waals surface area contributed by atoms with Gasteiger partial charge in [0, 0.05) is 144 Å². The summed E-state index contributed by atoms with van der Waals surface area (Å²) >= 11 is 0. The van der Waals surface area contributed by atoms with Gasteiger partial charge >= 0.3 is 51.2 Å². The molecule has 0 aliphatic heterocycles. The molecule has 81 heavy (non-hydrogen) atoms. The molecule has 0 bridgehead atoms. The van der Waals surface area contributed by atoms with Crippen LogP contribution in [0.5, 0.6) is 0 Å². The van der Waals surface area contributed by atoms with Crippen LogP contribution in [-0.4, -0.2) is 119 Å². The Morgan fingerprint density at radius 2 is 0.481 bits per heavy atom. The molecule has 18 nitrogen and oxygen atoms in total. The number of aliphatic hydroxyl groups is 3. The standard InChI is InChI=1S/2C16H20N4O.C15H18N4O.9CH3.6Cu.3H2O.S.2H2/c2*21-16(13-18-12-15-6-2-4-9-20-15)7-10-17-11-14-5-1-3-8-19-14;20-15(11-16-9-13-5-1-3-7-18-13)12-17-10-14-6-2-4-8-19-14;;;;;;;;;;;;;;;;;;;;;/h2*1-6,8-9,16,21H,7,10-13H2;1-8,15,20H,9-12H2;9*1H3;;;;;;;3*1H2;;2*1H/q3*-2;9*-1;;;;3*+2;;;;-2;;/t2*16-;;;;;;;;;;;;;;;;;;;;;;/m00....................../s1. The minimum Gasteiger partial charge on any atom is -2.00 e. The van der Waals surface area contributed by atoms with Gasteiger partial charge in [-0.25, -0.2) is 0 Å². The minimum absolute atomic E-state index is 0. The predicted octanol–water partition coefficient (Wildman–Crippen LogP) is 9.69. The van der Waals surface area contributed by atoms with E-state index >= 15 is 0 Å². The molecule has 0 saturated carbocycles. The summed E-state index contributed by atoms with van der Waals surface area (Å²) in [5, 5.41) is 55.4. The van der Waals surface area contributed by atoms with Crippen LogP contribution < -0.4 is 0 Å². The maximum atomic E-state index is 9.83. The molecular weight excluding hydrogens is 1350 g/mol. The zero-order valence-electron chi connectivity index (χ0n) is 47.9. The van der Waals surface area contributed by atoms with Gasteiger partial charge in [-0.2, -0.15) is 0 Å². The topological polar surface area (TPSA) is 317 Å². The summed E-state index contributed by atoms with van der Waals surface area (Å²) in [6, 6.07) is 34.5. The molecule has 0 saturated heterocycles. The molecular formula is C56H95Cu6N12O6S-11. The van der Waals surface area contributed by atoms with Crippen LogP contribution in [0.3, 0.4) is 0 Å². The Labute approximate surface area is 564 Å². The Kier molecular flexibility index (Phi) is 123. The fourth-order valence-electron chi connectivity index (χ4n) is 5.37. The molecule has 0 aromatic carbocycles. The van der Waals surface area contributed by atoms with Crippen molar-refractivity contribution in [1.82, 2.24) is 29.9 Å². The van der Waals surface area contributed by atoms with Gasteiger partial charge in [0.2, 0.25) is 0 Å². The first-order valence-corrected chi connectivity index (χ1v) is 20.8. The first-order valence-electron chi connectivity index (χ1n) is 20.8. The fraction of sp³-hybridized carbons (Fsp3) is 0.304. The number of hydrogen-bond donors (Lipinski definition) is 3. The summed E-state index contributed by atoms with van der Waals surface area (Å²) in [5.74, 6) is 0. The molecule has 2 atom stereocenters. The average molecular weight is 1450 g/mol. The average Bonchev–Trinajstić information content (AvgIpc) is 3.32. The molecule has 0 amide bonds. The summed E-state index contributed by atoms with van der Waals surface area (Å²) in [5.41, 5.74) is 5.56. The van der Waals surface area contributed by atoms with E-state index in [9.17, 15) is 15.3 Å². The van der Waals surface area contributed by atoms with Crippen molar-refractivity contribution in [2.45, 2.75) is 70.4 Å². The largest absolute Gasteiger partial charge is 2.00 e. The molecule has 6 aromatic heterocycles. The van der Waals surface area contributed by atoms with Crippen LogP contribution in [0.2, 0.25) is 0 Å². The van der Waals surface area contributed by atoms with Crippen LogP contribution in [0, 0.1) is 66.8 Å². The monoisotopic (exact) mass is 1440 g/mol. The van der Waals surface area contributed by atoms with Crippen molar-refractivity contribution < 1.29 is 137 Å². The third kappa shape index (κ3) is 63.7. The Morgan fingerprint density at radius 3 is 0.654 bits per heavy atom. The smallest absolute Gasteiger partial charge is 2.00 e. The van der Waals surface area contributed by atoms with Crippen molar-refractivity contribution in [3.63, 3.8) is 0 Å². The minimum atomic E-state index is -0.539. The summed E-state index contributed by atoms with van der Waals surface area (Å²) in [6.45, 7) is 6.18. The van der Waals surface area contributed by atoms with Crippen LogP contribution >= 0.6 is 0 Å². The van der Waals surface area contributed by atoms with Gasteiger partial charge in [-0.15, -0.1) is 78.5 Å². The van der Waals surface area contributed by atoms with Crippen LogP contribution in [0.25, 0.3) is 31.9 Å². The van der Waals surface area contributed by atoms with Crippen molar-refractivity contribution >= 4 is 13.5 Å².